The van der Waals surface area contributed by atoms with Crippen molar-refractivity contribution in [2.75, 3.05) is 30.9 Å². The molecule has 3 heterocycles. The summed E-state index contributed by atoms with van der Waals surface area (Å²) in [5.74, 6) is 1.76. The Labute approximate surface area is 142 Å². The van der Waals surface area contributed by atoms with Gasteiger partial charge < -0.3 is 15.5 Å². The van der Waals surface area contributed by atoms with Crippen LogP contribution < -0.4 is 15.5 Å². The zero-order chi connectivity index (χ0) is 16.5. The molecule has 2 aromatic rings. The smallest absolute Gasteiger partial charge is 0.227 e. The van der Waals surface area contributed by atoms with Crippen molar-refractivity contribution < 1.29 is 0 Å². The van der Waals surface area contributed by atoms with Crippen LogP contribution in [0.25, 0.3) is 0 Å². The summed E-state index contributed by atoms with van der Waals surface area (Å²) in [6, 6.07) is 2.18. The van der Waals surface area contributed by atoms with Crippen molar-refractivity contribution in [3.63, 3.8) is 0 Å². The minimum Gasteiger partial charge on any atom is -0.364 e. The van der Waals surface area contributed by atoms with Crippen LogP contribution in [0.3, 0.4) is 0 Å². The van der Waals surface area contributed by atoms with Crippen LogP contribution in [0.5, 0.6) is 0 Å². The highest BCUT2D eigenvalue weighted by Gasteiger charge is 2.19. The van der Waals surface area contributed by atoms with E-state index in [9.17, 15) is 0 Å². The Bertz CT molecular complexity index is 711. The van der Waals surface area contributed by atoms with Gasteiger partial charge in [-0.25, -0.2) is 4.98 Å². The number of hydrogen-bond donors (Lipinski definition) is 2. The van der Waals surface area contributed by atoms with Crippen molar-refractivity contribution in [1.82, 2.24) is 25.1 Å². The monoisotopic (exact) mass is 327 g/mol. The van der Waals surface area contributed by atoms with Crippen molar-refractivity contribution in [1.29, 1.82) is 0 Å². The second-order valence-corrected chi connectivity index (χ2v) is 6.78. The van der Waals surface area contributed by atoms with Crippen molar-refractivity contribution in [2.45, 2.75) is 45.3 Å². The normalized spacial score (nSPS) is 16.4. The van der Waals surface area contributed by atoms with Crippen LogP contribution in [0.4, 0.5) is 11.8 Å². The molecule has 0 aromatic carbocycles. The van der Waals surface area contributed by atoms with E-state index in [2.05, 4.69) is 21.4 Å². The maximum Gasteiger partial charge on any atom is 0.227 e. The van der Waals surface area contributed by atoms with Gasteiger partial charge in [-0.1, -0.05) is 0 Å². The van der Waals surface area contributed by atoms with E-state index >= 15 is 0 Å². The Morgan fingerprint density at radius 1 is 1.25 bits per heavy atom. The first-order chi connectivity index (χ1) is 11.7. The highest BCUT2D eigenvalue weighted by Crippen LogP contribution is 2.27. The lowest BCUT2D eigenvalue weighted by Gasteiger charge is -2.21. The summed E-state index contributed by atoms with van der Waals surface area (Å²) in [4.78, 5) is 11.4. The summed E-state index contributed by atoms with van der Waals surface area (Å²) in [5, 5.41) is 11.6. The Kier molecular flexibility index (Phi) is 4.10. The third-order valence-electron chi connectivity index (χ3n) is 4.73. The summed E-state index contributed by atoms with van der Waals surface area (Å²) in [6.45, 7) is 3.55. The predicted octanol–water partition coefficient (Wildman–Crippen LogP) is 1.33. The average Bonchev–Trinajstić information content (AvgIpc) is 3.02. The maximum atomic E-state index is 4.74. The van der Waals surface area contributed by atoms with Gasteiger partial charge in [0.15, 0.2) is 0 Å². The molecule has 2 aliphatic rings. The number of aromatic nitrogens is 4. The molecule has 128 valence electrons. The van der Waals surface area contributed by atoms with Crippen LogP contribution in [0.1, 0.15) is 35.5 Å². The quantitative estimate of drug-likeness (QED) is 0.883. The molecule has 4 rings (SSSR count). The van der Waals surface area contributed by atoms with Gasteiger partial charge >= 0.3 is 0 Å². The number of hydrogen-bond acceptors (Lipinski definition) is 6. The number of anilines is 2. The Morgan fingerprint density at radius 3 is 2.96 bits per heavy atom. The zero-order valence-corrected chi connectivity index (χ0v) is 14.5. The fraction of sp³-hybridized carbons (Fsp3) is 0.588. The van der Waals surface area contributed by atoms with Gasteiger partial charge in [0.25, 0.3) is 0 Å². The number of aryl methyl sites for hydroxylation is 1. The second kappa shape index (κ2) is 6.39. The molecule has 2 N–H and O–H groups in total. The molecule has 2 aromatic heterocycles. The third kappa shape index (κ3) is 2.96. The van der Waals surface area contributed by atoms with Crippen molar-refractivity contribution in [3.05, 3.63) is 28.7 Å². The molecule has 7 heteroatoms. The van der Waals surface area contributed by atoms with E-state index in [-0.39, 0.29) is 0 Å². The summed E-state index contributed by atoms with van der Waals surface area (Å²) in [5.41, 5.74) is 4.83. The van der Waals surface area contributed by atoms with Gasteiger partial charge in [-0.15, -0.1) is 0 Å². The van der Waals surface area contributed by atoms with Crippen molar-refractivity contribution in [3.8, 4) is 0 Å². The molecule has 0 bridgehead atoms. The Balaban J connectivity index is 1.57. The lowest BCUT2D eigenvalue weighted by Crippen LogP contribution is -2.28. The summed E-state index contributed by atoms with van der Waals surface area (Å²) in [7, 11) is 3.98. The number of rotatable bonds is 4. The van der Waals surface area contributed by atoms with Gasteiger partial charge in [-0.3, -0.25) is 4.68 Å². The molecule has 24 heavy (non-hydrogen) atoms. The minimum absolute atomic E-state index is 0.705. The molecular weight excluding hydrogens is 302 g/mol. The fourth-order valence-corrected chi connectivity index (χ4v) is 3.44. The summed E-state index contributed by atoms with van der Waals surface area (Å²) < 4.78 is 2.11. The minimum atomic E-state index is 0.705. The SMILES string of the molecule is CN(C)c1nc2c(c(NCc3cc4n(n3)CCNC4)n1)CCCC2. The van der Waals surface area contributed by atoms with Crippen molar-refractivity contribution in [2.24, 2.45) is 0 Å². The van der Waals surface area contributed by atoms with Crippen LogP contribution >= 0.6 is 0 Å². The molecule has 0 amide bonds. The van der Waals surface area contributed by atoms with Gasteiger partial charge in [0.05, 0.1) is 30.2 Å². The van der Waals surface area contributed by atoms with Gasteiger partial charge in [0.2, 0.25) is 5.95 Å². The Morgan fingerprint density at radius 2 is 2.12 bits per heavy atom. The number of nitrogens with zero attached hydrogens (tertiary/aromatic N) is 5. The van der Waals surface area contributed by atoms with Gasteiger partial charge in [-0.05, 0) is 31.7 Å². The second-order valence-electron chi connectivity index (χ2n) is 6.78. The lowest BCUT2D eigenvalue weighted by atomic mass is 9.96. The molecule has 0 atom stereocenters. The third-order valence-corrected chi connectivity index (χ3v) is 4.73. The summed E-state index contributed by atoms with van der Waals surface area (Å²) in [6.07, 6.45) is 4.56. The first-order valence-corrected chi connectivity index (χ1v) is 8.78. The molecule has 0 spiro atoms. The van der Waals surface area contributed by atoms with Crippen LogP contribution in [-0.4, -0.2) is 40.4 Å². The topological polar surface area (TPSA) is 70.9 Å². The summed E-state index contributed by atoms with van der Waals surface area (Å²) >= 11 is 0. The van der Waals surface area contributed by atoms with E-state index in [4.69, 9.17) is 15.1 Å². The van der Waals surface area contributed by atoms with Gasteiger partial charge in [0, 0.05) is 32.7 Å². The highest BCUT2D eigenvalue weighted by atomic mass is 15.3. The fourth-order valence-electron chi connectivity index (χ4n) is 3.44. The lowest BCUT2D eigenvalue weighted by molar-refractivity contribution is 0.473. The molecule has 1 aliphatic carbocycles. The van der Waals surface area contributed by atoms with E-state index in [1.165, 1.54) is 29.8 Å². The molecule has 0 saturated heterocycles. The van der Waals surface area contributed by atoms with Crippen LogP contribution in [-0.2, 0) is 32.5 Å². The van der Waals surface area contributed by atoms with E-state index < -0.39 is 0 Å². The van der Waals surface area contributed by atoms with E-state index in [0.29, 0.717) is 6.54 Å². The van der Waals surface area contributed by atoms with Gasteiger partial charge in [0.1, 0.15) is 5.82 Å². The first-order valence-electron chi connectivity index (χ1n) is 8.78. The van der Waals surface area contributed by atoms with E-state index in [1.807, 2.05) is 19.0 Å². The molecule has 0 radical (unpaired) electrons. The van der Waals surface area contributed by atoms with Crippen LogP contribution in [0, 0.1) is 0 Å². The van der Waals surface area contributed by atoms with Crippen LogP contribution in [0.2, 0.25) is 0 Å². The van der Waals surface area contributed by atoms with E-state index in [0.717, 1.165) is 49.9 Å². The van der Waals surface area contributed by atoms with Gasteiger partial charge in [-0.2, -0.15) is 10.1 Å². The predicted molar refractivity (Wildman–Crippen MR) is 94.3 cm³/mol. The molecule has 0 saturated carbocycles. The largest absolute Gasteiger partial charge is 0.364 e. The molecule has 1 aliphatic heterocycles. The number of nitrogens with one attached hydrogen (secondary N) is 2. The first kappa shape index (κ1) is 15.4. The van der Waals surface area contributed by atoms with Crippen LogP contribution in [0.15, 0.2) is 6.07 Å². The molecule has 0 fully saturated rings. The zero-order valence-electron chi connectivity index (χ0n) is 14.5. The highest BCUT2D eigenvalue weighted by molar-refractivity contribution is 5.52. The molecule has 0 unspecified atom stereocenters. The standard InChI is InChI=1S/C17H25N7/c1-23(2)17-20-15-6-4-3-5-14(15)16(21-17)19-10-12-9-13-11-18-7-8-24(13)22-12/h9,18H,3-8,10-11H2,1-2H3,(H,19,20,21). The molecular formula is C17H25N7. The average molecular weight is 327 g/mol. The Hall–Kier alpha value is -2.15. The van der Waals surface area contributed by atoms with E-state index in [1.54, 1.807) is 0 Å². The number of fused-ring (bicyclic) bond motifs is 2. The maximum absolute atomic E-state index is 4.74. The molecule has 7 nitrogen and oxygen atoms in total. The van der Waals surface area contributed by atoms with Crippen molar-refractivity contribution >= 4 is 11.8 Å².